The summed E-state index contributed by atoms with van der Waals surface area (Å²) in [6.07, 6.45) is 8.22. The SMILES string of the molecule is CCOC(=O)C1(NC2CCCCC2)CCSCC1. The second-order valence-electron chi connectivity index (χ2n) is 5.39. The first-order chi connectivity index (χ1) is 8.77. The zero-order valence-electron chi connectivity index (χ0n) is 11.4. The van der Waals surface area contributed by atoms with E-state index in [0.29, 0.717) is 12.6 Å². The Bertz CT molecular complexity index is 271. The predicted octanol–water partition coefficient (Wildman–Crippen LogP) is 2.74. The van der Waals surface area contributed by atoms with E-state index in [1.165, 1.54) is 32.1 Å². The summed E-state index contributed by atoms with van der Waals surface area (Å²) in [6, 6.07) is 0.520. The van der Waals surface area contributed by atoms with Gasteiger partial charge in [-0.25, -0.2) is 0 Å². The molecule has 1 saturated heterocycles. The van der Waals surface area contributed by atoms with Gasteiger partial charge in [0.1, 0.15) is 5.54 Å². The summed E-state index contributed by atoms with van der Waals surface area (Å²) in [5, 5.41) is 3.67. The van der Waals surface area contributed by atoms with Gasteiger partial charge in [0.15, 0.2) is 0 Å². The summed E-state index contributed by atoms with van der Waals surface area (Å²) in [5.74, 6) is 2.12. The van der Waals surface area contributed by atoms with E-state index in [9.17, 15) is 4.79 Å². The van der Waals surface area contributed by atoms with E-state index in [4.69, 9.17) is 4.74 Å². The molecule has 2 aliphatic rings. The Hall–Kier alpha value is -0.220. The molecule has 0 bridgehead atoms. The molecule has 0 aromatic carbocycles. The highest BCUT2D eigenvalue weighted by atomic mass is 32.2. The number of hydrogen-bond donors (Lipinski definition) is 1. The molecule has 0 radical (unpaired) electrons. The van der Waals surface area contributed by atoms with Crippen LogP contribution in [0.4, 0.5) is 0 Å². The van der Waals surface area contributed by atoms with E-state index in [1.807, 2.05) is 18.7 Å². The van der Waals surface area contributed by atoms with Crippen molar-refractivity contribution in [2.45, 2.75) is 63.5 Å². The number of esters is 1. The van der Waals surface area contributed by atoms with E-state index in [-0.39, 0.29) is 11.5 Å². The van der Waals surface area contributed by atoms with Crippen molar-refractivity contribution in [2.75, 3.05) is 18.1 Å². The van der Waals surface area contributed by atoms with Crippen molar-refractivity contribution in [3.63, 3.8) is 0 Å². The van der Waals surface area contributed by atoms with Gasteiger partial charge in [0.25, 0.3) is 0 Å². The number of carbonyl (C=O) groups excluding carboxylic acids is 1. The minimum atomic E-state index is -0.386. The summed E-state index contributed by atoms with van der Waals surface area (Å²) in [4.78, 5) is 12.3. The Morgan fingerprint density at radius 2 is 1.94 bits per heavy atom. The molecule has 4 heteroatoms. The highest BCUT2D eigenvalue weighted by Gasteiger charge is 2.42. The maximum Gasteiger partial charge on any atom is 0.326 e. The predicted molar refractivity (Wildman–Crippen MR) is 75.9 cm³/mol. The van der Waals surface area contributed by atoms with E-state index >= 15 is 0 Å². The zero-order chi connectivity index (χ0) is 12.8. The van der Waals surface area contributed by atoms with Gasteiger partial charge < -0.3 is 4.74 Å². The van der Waals surface area contributed by atoms with Crippen LogP contribution in [0.15, 0.2) is 0 Å². The molecular weight excluding hydrogens is 246 g/mol. The van der Waals surface area contributed by atoms with Crippen LogP contribution in [0.25, 0.3) is 0 Å². The van der Waals surface area contributed by atoms with E-state index < -0.39 is 0 Å². The van der Waals surface area contributed by atoms with Crippen molar-refractivity contribution in [1.82, 2.24) is 5.32 Å². The second-order valence-corrected chi connectivity index (χ2v) is 6.62. The molecule has 1 heterocycles. The normalized spacial score (nSPS) is 24.7. The second kappa shape index (κ2) is 6.80. The van der Waals surface area contributed by atoms with Crippen LogP contribution >= 0.6 is 11.8 Å². The monoisotopic (exact) mass is 271 g/mol. The topological polar surface area (TPSA) is 38.3 Å². The molecule has 1 saturated carbocycles. The maximum atomic E-state index is 12.3. The average Bonchev–Trinajstić information content (AvgIpc) is 2.41. The van der Waals surface area contributed by atoms with Gasteiger partial charge in [-0.15, -0.1) is 0 Å². The van der Waals surface area contributed by atoms with Gasteiger partial charge in [-0.3, -0.25) is 10.1 Å². The summed E-state index contributed by atoms with van der Waals surface area (Å²) >= 11 is 1.95. The Morgan fingerprint density at radius 3 is 2.56 bits per heavy atom. The summed E-state index contributed by atoms with van der Waals surface area (Å²) in [5.41, 5.74) is -0.386. The van der Waals surface area contributed by atoms with Crippen molar-refractivity contribution in [3.05, 3.63) is 0 Å². The highest BCUT2D eigenvalue weighted by molar-refractivity contribution is 7.99. The van der Waals surface area contributed by atoms with Crippen molar-refractivity contribution < 1.29 is 9.53 Å². The van der Waals surface area contributed by atoms with Gasteiger partial charge >= 0.3 is 5.97 Å². The number of hydrogen-bond acceptors (Lipinski definition) is 4. The molecular formula is C14H25NO2S. The van der Waals surface area contributed by atoms with Crippen LogP contribution in [-0.4, -0.2) is 35.7 Å². The Morgan fingerprint density at radius 1 is 1.28 bits per heavy atom. The van der Waals surface area contributed by atoms with Crippen LogP contribution in [0.2, 0.25) is 0 Å². The molecule has 3 nitrogen and oxygen atoms in total. The third-order valence-corrected chi connectivity index (χ3v) is 5.08. The quantitative estimate of drug-likeness (QED) is 0.798. The third-order valence-electron chi connectivity index (χ3n) is 4.10. The lowest BCUT2D eigenvalue weighted by atomic mass is 9.87. The highest BCUT2D eigenvalue weighted by Crippen LogP contribution is 2.31. The molecule has 0 atom stereocenters. The smallest absolute Gasteiger partial charge is 0.326 e. The largest absolute Gasteiger partial charge is 0.465 e. The lowest BCUT2D eigenvalue weighted by molar-refractivity contribution is -0.152. The molecule has 18 heavy (non-hydrogen) atoms. The van der Waals surface area contributed by atoms with Crippen LogP contribution < -0.4 is 5.32 Å². The molecule has 0 aromatic heterocycles. The van der Waals surface area contributed by atoms with E-state index in [0.717, 1.165) is 24.3 Å². The Kier molecular flexibility index (Phi) is 5.37. The number of ether oxygens (including phenoxy) is 1. The van der Waals surface area contributed by atoms with E-state index in [2.05, 4.69) is 5.32 Å². The van der Waals surface area contributed by atoms with Crippen molar-refractivity contribution in [3.8, 4) is 0 Å². The van der Waals surface area contributed by atoms with Gasteiger partial charge in [0.2, 0.25) is 0 Å². The average molecular weight is 271 g/mol. The molecule has 0 spiro atoms. The molecule has 0 unspecified atom stereocenters. The van der Waals surface area contributed by atoms with Crippen LogP contribution in [0.5, 0.6) is 0 Å². The molecule has 0 amide bonds. The number of nitrogens with one attached hydrogen (secondary N) is 1. The fourth-order valence-electron chi connectivity index (χ4n) is 3.03. The summed E-state index contributed by atoms with van der Waals surface area (Å²) in [7, 11) is 0. The van der Waals surface area contributed by atoms with E-state index in [1.54, 1.807) is 0 Å². The molecule has 0 aromatic rings. The van der Waals surface area contributed by atoms with Crippen molar-refractivity contribution in [1.29, 1.82) is 0 Å². The third kappa shape index (κ3) is 3.41. The van der Waals surface area contributed by atoms with Crippen molar-refractivity contribution in [2.24, 2.45) is 0 Å². The van der Waals surface area contributed by atoms with Gasteiger partial charge in [-0.05, 0) is 44.1 Å². The molecule has 1 N–H and O–H groups in total. The lowest BCUT2D eigenvalue weighted by Gasteiger charge is -2.39. The molecule has 2 fully saturated rings. The fraction of sp³-hybridized carbons (Fsp3) is 0.929. The summed E-state index contributed by atoms with van der Waals surface area (Å²) < 4.78 is 5.32. The lowest BCUT2D eigenvalue weighted by Crippen LogP contribution is -2.58. The summed E-state index contributed by atoms with van der Waals surface area (Å²) in [6.45, 7) is 2.38. The van der Waals surface area contributed by atoms with Gasteiger partial charge in [-0.1, -0.05) is 19.3 Å². The van der Waals surface area contributed by atoms with Gasteiger partial charge in [0, 0.05) is 6.04 Å². The van der Waals surface area contributed by atoms with Crippen LogP contribution in [0.1, 0.15) is 51.9 Å². The Labute approximate surface area is 114 Å². The molecule has 1 aliphatic heterocycles. The fourth-order valence-corrected chi connectivity index (χ4v) is 4.22. The first-order valence-corrected chi connectivity index (χ1v) is 8.45. The van der Waals surface area contributed by atoms with Crippen molar-refractivity contribution >= 4 is 17.7 Å². The first-order valence-electron chi connectivity index (χ1n) is 7.29. The van der Waals surface area contributed by atoms with Gasteiger partial charge in [0.05, 0.1) is 6.61 Å². The van der Waals surface area contributed by atoms with Crippen LogP contribution in [-0.2, 0) is 9.53 Å². The number of rotatable bonds is 4. The molecule has 2 rings (SSSR count). The zero-order valence-corrected chi connectivity index (χ0v) is 12.2. The van der Waals surface area contributed by atoms with Crippen LogP contribution in [0, 0.1) is 0 Å². The maximum absolute atomic E-state index is 12.3. The first kappa shape index (κ1) is 14.2. The number of thioether (sulfide) groups is 1. The minimum Gasteiger partial charge on any atom is -0.465 e. The van der Waals surface area contributed by atoms with Crippen LogP contribution in [0.3, 0.4) is 0 Å². The number of carbonyl (C=O) groups is 1. The minimum absolute atomic E-state index is 0.0177. The molecule has 1 aliphatic carbocycles. The standard InChI is InChI=1S/C14H25NO2S/c1-2-17-13(16)14(8-10-18-11-9-14)15-12-6-4-3-5-7-12/h12,15H,2-11H2,1H3. The Balaban J connectivity index is 2.00. The van der Waals surface area contributed by atoms with Gasteiger partial charge in [-0.2, -0.15) is 11.8 Å². The molecule has 104 valence electrons.